The number of carbonyl (C=O) groups excluding carboxylic acids is 1. The van der Waals surface area contributed by atoms with Crippen LogP contribution in [0.15, 0.2) is 18.2 Å². The summed E-state index contributed by atoms with van der Waals surface area (Å²) in [5, 5.41) is 3.21. The number of benzene rings is 1. The molecule has 18 heavy (non-hydrogen) atoms. The zero-order chi connectivity index (χ0) is 13.1. The topological polar surface area (TPSA) is 64.3 Å². The molecule has 1 heterocycles. The van der Waals surface area contributed by atoms with E-state index in [0.717, 1.165) is 24.3 Å². The fourth-order valence-electron chi connectivity index (χ4n) is 2.24. The molecule has 1 aliphatic rings. The average Bonchev–Trinajstić information content (AvgIpc) is 2.75. The predicted octanol–water partition coefficient (Wildman–Crippen LogP) is 1.22. The van der Waals surface area contributed by atoms with Crippen molar-refractivity contribution in [1.29, 1.82) is 0 Å². The van der Waals surface area contributed by atoms with Gasteiger partial charge in [-0.3, -0.25) is 4.79 Å². The lowest BCUT2D eigenvalue weighted by molar-refractivity contribution is -0.121. The number of nitrogens with two attached hydrogens (primary N) is 1. The molecule has 0 radical (unpaired) electrons. The molecule has 1 amide bonds. The van der Waals surface area contributed by atoms with E-state index in [1.807, 2.05) is 26.0 Å². The standard InChI is InChI=1S/C14H20N2O2/c1-9(2)13(14(15)17)16-8-10-3-4-12-11(7-10)5-6-18-12/h3-4,7,9,13,16H,5-6,8H2,1-2H3,(H2,15,17). The van der Waals surface area contributed by atoms with Crippen molar-refractivity contribution in [1.82, 2.24) is 5.32 Å². The Morgan fingerprint density at radius 2 is 2.28 bits per heavy atom. The summed E-state index contributed by atoms with van der Waals surface area (Å²) in [4.78, 5) is 11.3. The van der Waals surface area contributed by atoms with Crippen LogP contribution in [-0.2, 0) is 17.8 Å². The van der Waals surface area contributed by atoms with Gasteiger partial charge in [0.2, 0.25) is 5.91 Å². The van der Waals surface area contributed by atoms with E-state index < -0.39 is 0 Å². The molecule has 2 rings (SSSR count). The van der Waals surface area contributed by atoms with Gasteiger partial charge in [-0.15, -0.1) is 0 Å². The van der Waals surface area contributed by atoms with Gasteiger partial charge in [0.15, 0.2) is 0 Å². The van der Waals surface area contributed by atoms with Crippen LogP contribution < -0.4 is 15.8 Å². The first kappa shape index (κ1) is 12.9. The van der Waals surface area contributed by atoms with E-state index in [4.69, 9.17) is 10.5 Å². The number of ether oxygens (including phenoxy) is 1. The van der Waals surface area contributed by atoms with Crippen molar-refractivity contribution in [2.75, 3.05) is 6.61 Å². The van der Waals surface area contributed by atoms with E-state index >= 15 is 0 Å². The van der Waals surface area contributed by atoms with Gasteiger partial charge in [0, 0.05) is 13.0 Å². The van der Waals surface area contributed by atoms with Gasteiger partial charge in [0.25, 0.3) is 0 Å². The number of rotatable bonds is 5. The van der Waals surface area contributed by atoms with E-state index in [1.54, 1.807) is 0 Å². The van der Waals surface area contributed by atoms with Crippen LogP contribution >= 0.6 is 0 Å². The minimum absolute atomic E-state index is 0.195. The molecule has 1 atom stereocenters. The minimum atomic E-state index is -0.297. The Balaban J connectivity index is 1.99. The SMILES string of the molecule is CC(C)C(NCc1ccc2c(c1)CCO2)C(N)=O. The highest BCUT2D eigenvalue weighted by Gasteiger charge is 2.19. The third-order valence-corrected chi connectivity index (χ3v) is 3.25. The molecule has 0 bridgehead atoms. The molecule has 0 aliphatic carbocycles. The van der Waals surface area contributed by atoms with Crippen molar-refractivity contribution in [2.45, 2.75) is 32.9 Å². The van der Waals surface area contributed by atoms with Crippen LogP contribution in [0.25, 0.3) is 0 Å². The largest absolute Gasteiger partial charge is 0.493 e. The fraction of sp³-hybridized carbons (Fsp3) is 0.500. The molecular formula is C14H20N2O2. The van der Waals surface area contributed by atoms with Crippen LogP contribution in [0.5, 0.6) is 5.75 Å². The van der Waals surface area contributed by atoms with E-state index in [0.29, 0.717) is 6.54 Å². The highest BCUT2D eigenvalue weighted by molar-refractivity contribution is 5.80. The molecule has 1 aliphatic heterocycles. The minimum Gasteiger partial charge on any atom is -0.493 e. The summed E-state index contributed by atoms with van der Waals surface area (Å²) >= 11 is 0. The Bertz CT molecular complexity index is 443. The molecule has 3 N–H and O–H groups in total. The zero-order valence-electron chi connectivity index (χ0n) is 10.9. The second kappa shape index (κ2) is 5.40. The molecule has 0 aromatic heterocycles. The summed E-state index contributed by atoms with van der Waals surface area (Å²) < 4.78 is 5.46. The molecular weight excluding hydrogens is 228 g/mol. The molecule has 4 nitrogen and oxygen atoms in total. The van der Waals surface area contributed by atoms with Crippen LogP contribution in [0.3, 0.4) is 0 Å². The van der Waals surface area contributed by atoms with Gasteiger partial charge in [-0.05, 0) is 23.1 Å². The number of nitrogens with one attached hydrogen (secondary N) is 1. The first-order valence-corrected chi connectivity index (χ1v) is 6.35. The Morgan fingerprint density at radius 1 is 1.50 bits per heavy atom. The van der Waals surface area contributed by atoms with Gasteiger partial charge in [-0.2, -0.15) is 0 Å². The number of hydrogen-bond donors (Lipinski definition) is 2. The van der Waals surface area contributed by atoms with Crippen molar-refractivity contribution < 1.29 is 9.53 Å². The quantitative estimate of drug-likeness (QED) is 0.823. The molecule has 1 aromatic carbocycles. The fourth-order valence-corrected chi connectivity index (χ4v) is 2.24. The maximum atomic E-state index is 11.3. The van der Waals surface area contributed by atoms with Crippen LogP contribution in [-0.4, -0.2) is 18.6 Å². The molecule has 0 fully saturated rings. The maximum Gasteiger partial charge on any atom is 0.234 e. The van der Waals surface area contributed by atoms with E-state index in [9.17, 15) is 4.79 Å². The van der Waals surface area contributed by atoms with Crippen molar-refractivity contribution in [3.8, 4) is 5.75 Å². The van der Waals surface area contributed by atoms with E-state index in [-0.39, 0.29) is 17.9 Å². The lowest BCUT2D eigenvalue weighted by atomic mass is 10.0. The van der Waals surface area contributed by atoms with E-state index in [2.05, 4.69) is 11.4 Å². The summed E-state index contributed by atoms with van der Waals surface area (Å²) in [6, 6.07) is 5.87. The van der Waals surface area contributed by atoms with Gasteiger partial charge >= 0.3 is 0 Å². The Labute approximate surface area is 108 Å². The molecule has 0 saturated carbocycles. The number of carbonyl (C=O) groups is 1. The average molecular weight is 248 g/mol. The number of amides is 1. The summed E-state index contributed by atoms with van der Waals surface area (Å²) in [5.74, 6) is 0.879. The maximum absolute atomic E-state index is 11.3. The van der Waals surface area contributed by atoms with Crippen molar-refractivity contribution >= 4 is 5.91 Å². The van der Waals surface area contributed by atoms with Gasteiger partial charge in [0.1, 0.15) is 5.75 Å². The highest BCUT2D eigenvalue weighted by Crippen LogP contribution is 2.25. The summed E-state index contributed by atoms with van der Waals surface area (Å²) in [7, 11) is 0. The third-order valence-electron chi connectivity index (χ3n) is 3.25. The normalized spacial score (nSPS) is 15.3. The Morgan fingerprint density at radius 3 is 2.94 bits per heavy atom. The van der Waals surface area contributed by atoms with Crippen LogP contribution in [0.2, 0.25) is 0 Å². The Hall–Kier alpha value is -1.55. The van der Waals surface area contributed by atoms with Gasteiger partial charge in [-0.25, -0.2) is 0 Å². The molecule has 1 aromatic rings. The van der Waals surface area contributed by atoms with Gasteiger partial charge < -0.3 is 15.8 Å². The first-order valence-electron chi connectivity index (χ1n) is 6.35. The monoisotopic (exact) mass is 248 g/mol. The third kappa shape index (κ3) is 2.82. The number of fused-ring (bicyclic) bond motifs is 1. The van der Waals surface area contributed by atoms with Crippen molar-refractivity contribution in [3.63, 3.8) is 0 Å². The number of primary amides is 1. The lowest BCUT2D eigenvalue weighted by Gasteiger charge is -2.19. The second-order valence-electron chi connectivity index (χ2n) is 5.05. The van der Waals surface area contributed by atoms with Crippen LogP contribution in [0.4, 0.5) is 0 Å². The predicted molar refractivity (Wildman–Crippen MR) is 70.3 cm³/mol. The molecule has 0 saturated heterocycles. The van der Waals surface area contributed by atoms with Crippen molar-refractivity contribution in [3.05, 3.63) is 29.3 Å². The van der Waals surface area contributed by atoms with Gasteiger partial charge in [-0.1, -0.05) is 26.0 Å². The molecule has 1 unspecified atom stereocenters. The first-order chi connectivity index (χ1) is 8.58. The molecule has 98 valence electrons. The highest BCUT2D eigenvalue weighted by atomic mass is 16.5. The summed E-state index contributed by atoms with van der Waals surface area (Å²) in [6.07, 6.45) is 0.965. The summed E-state index contributed by atoms with van der Waals surface area (Å²) in [6.45, 7) is 5.39. The van der Waals surface area contributed by atoms with Crippen LogP contribution in [0, 0.1) is 5.92 Å². The van der Waals surface area contributed by atoms with Gasteiger partial charge in [0.05, 0.1) is 12.6 Å². The van der Waals surface area contributed by atoms with Crippen LogP contribution in [0.1, 0.15) is 25.0 Å². The number of hydrogen-bond acceptors (Lipinski definition) is 3. The Kier molecular flexibility index (Phi) is 3.87. The lowest BCUT2D eigenvalue weighted by Crippen LogP contribution is -2.44. The molecule has 4 heteroatoms. The molecule has 0 spiro atoms. The van der Waals surface area contributed by atoms with E-state index in [1.165, 1.54) is 5.56 Å². The second-order valence-corrected chi connectivity index (χ2v) is 5.05. The zero-order valence-corrected chi connectivity index (χ0v) is 10.9. The smallest absolute Gasteiger partial charge is 0.234 e. The summed E-state index contributed by atoms with van der Waals surface area (Å²) in [5.41, 5.74) is 7.77. The van der Waals surface area contributed by atoms with Crippen molar-refractivity contribution in [2.24, 2.45) is 11.7 Å².